The van der Waals surface area contributed by atoms with Crippen LogP contribution in [0.3, 0.4) is 0 Å². The van der Waals surface area contributed by atoms with Gasteiger partial charge in [-0.15, -0.1) is 0 Å². The van der Waals surface area contributed by atoms with E-state index < -0.39 is 0 Å². The number of carbonyl (C=O) groups excluding carboxylic acids is 2. The first-order valence-corrected chi connectivity index (χ1v) is 6.12. The minimum atomic E-state index is -0.196. The normalized spacial score (nSPS) is 9.40. The molecule has 1 aromatic carbocycles. The van der Waals surface area contributed by atoms with Crippen LogP contribution in [0, 0.1) is 14.9 Å². The van der Waals surface area contributed by atoms with E-state index in [2.05, 4.69) is 15.9 Å². The first-order valence-electron chi connectivity index (χ1n) is 3.92. The third-order valence-corrected chi connectivity index (χ3v) is 3.45. The van der Waals surface area contributed by atoms with Gasteiger partial charge in [-0.3, -0.25) is 9.59 Å². The van der Waals surface area contributed by atoms with Crippen LogP contribution in [-0.4, -0.2) is 17.4 Å². The lowest BCUT2D eigenvalue weighted by Crippen LogP contribution is -2.08. The van der Waals surface area contributed by atoms with Crippen molar-refractivity contribution in [1.29, 1.82) is 5.26 Å². The molecule has 0 fully saturated rings. The Morgan fingerprint density at radius 3 is 2.73 bits per heavy atom. The van der Waals surface area contributed by atoms with Crippen LogP contribution in [-0.2, 0) is 0 Å². The summed E-state index contributed by atoms with van der Waals surface area (Å²) in [4.78, 5) is 22.3. The predicted molar refractivity (Wildman–Crippen MR) is 67.4 cm³/mol. The number of nitriles is 1. The molecule has 5 heteroatoms. The molecule has 0 spiro atoms. The summed E-state index contributed by atoms with van der Waals surface area (Å²) in [6, 6.07) is 5.00. The molecule has 0 saturated carbocycles. The maximum Gasteiger partial charge on any atom is 0.175 e. The summed E-state index contributed by atoms with van der Waals surface area (Å²) >= 11 is 4.95. The van der Waals surface area contributed by atoms with E-state index in [-0.39, 0.29) is 11.1 Å². The predicted octanol–water partition coefficient (Wildman–Crippen LogP) is 2.55. The van der Waals surface area contributed by atoms with E-state index in [1.54, 1.807) is 0 Å². The van der Waals surface area contributed by atoms with E-state index in [1.165, 1.54) is 12.1 Å². The van der Waals surface area contributed by atoms with Gasteiger partial charge >= 0.3 is 0 Å². The number of nitrogens with zero attached hydrogens (tertiary/aromatic N) is 1. The first kappa shape index (κ1) is 12.3. The Hall–Kier alpha value is -0.740. The van der Waals surface area contributed by atoms with Gasteiger partial charge in [-0.25, -0.2) is 0 Å². The zero-order chi connectivity index (χ0) is 11.4. The number of Topliss-reactive ketones (excluding diaryl/α,β-unsaturated/α-hetero) is 1. The van der Waals surface area contributed by atoms with E-state index in [9.17, 15) is 9.59 Å². The average molecular weight is 378 g/mol. The maximum atomic E-state index is 11.6. The fourth-order valence-electron chi connectivity index (χ4n) is 1.13. The second-order valence-electron chi connectivity index (χ2n) is 2.68. The van der Waals surface area contributed by atoms with Crippen molar-refractivity contribution < 1.29 is 9.59 Å². The van der Waals surface area contributed by atoms with Crippen molar-refractivity contribution in [2.75, 3.05) is 5.33 Å². The van der Waals surface area contributed by atoms with Gasteiger partial charge in [0, 0.05) is 14.7 Å². The van der Waals surface area contributed by atoms with Crippen LogP contribution >= 0.6 is 38.5 Å². The van der Waals surface area contributed by atoms with Gasteiger partial charge in [0.15, 0.2) is 12.1 Å². The van der Waals surface area contributed by atoms with Crippen LogP contribution < -0.4 is 0 Å². The molecular formula is C10H5BrINO2. The van der Waals surface area contributed by atoms with Crippen molar-refractivity contribution in [3.05, 3.63) is 32.4 Å². The number of alkyl halides is 1. The van der Waals surface area contributed by atoms with Crippen molar-refractivity contribution in [1.82, 2.24) is 0 Å². The average Bonchev–Trinajstić information content (AvgIpc) is 2.27. The molecule has 0 aromatic heterocycles. The van der Waals surface area contributed by atoms with E-state index >= 15 is 0 Å². The molecule has 0 aliphatic rings. The van der Waals surface area contributed by atoms with Gasteiger partial charge in [-0.05, 0) is 34.7 Å². The molecular weight excluding hydrogens is 373 g/mol. The van der Waals surface area contributed by atoms with Crippen molar-refractivity contribution in [3.8, 4) is 6.07 Å². The van der Waals surface area contributed by atoms with Crippen molar-refractivity contribution in [2.45, 2.75) is 0 Å². The van der Waals surface area contributed by atoms with Gasteiger partial charge in [-0.1, -0.05) is 15.9 Å². The summed E-state index contributed by atoms with van der Waals surface area (Å²) < 4.78 is 0.532. The number of ketones is 1. The zero-order valence-electron chi connectivity index (χ0n) is 7.46. The van der Waals surface area contributed by atoms with Gasteiger partial charge in [0.25, 0.3) is 0 Å². The molecule has 1 rings (SSSR count). The molecule has 0 N–H and O–H groups in total. The Balaban J connectivity index is 3.50. The quantitative estimate of drug-likeness (QED) is 0.352. The van der Waals surface area contributed by atoms with Crippen LogP contribution in [0.15, 0.2) is 12.1 Å². The van der Waals surface area contributed by atoms with Crippen molar-refractivity contribution in [3.63, 3.8) is 0 Å². The molecule has 76 valence electrons. The third kappa shape index (κ3) is 2.44. The van der Waals surface area contributed by atoms with E-state index in [0.717, 1.165) is 0 Å². The largest absolute Gasteiger partial charge is 0.298 e. The molecule has 0 bridgehead atoms. The molecule has 3 nitrogen and oxygen atoms in total. The smallest absolute Gasteiger partial charge is 0.175 e. The maximum absolute atomic E-state index is 11.6. The first-order chi connectivity index (χ1) is 7.15. The topological polar surface area (TPSA) is 57.9 Å². The Bertz CT molecular complexity index is 465. The minimum Gasteiger partial charge on any atom is -0.298 e. The van der Waals surface area contributed by atoms with Gasteiger partial charge in [-0.2, -0.15) is 5.26 Å². The van der Waals surface area contributed by atoms with Gasteiger partial charge in [0.2, 0.25) is 0 Å². The number of carbonyl (C=O) groups is 2. The number of hydrogen-bond donors (Lipinski definition) is 0. The summed E-state index contributed by atoms with van der Waals surface area (Å²) in [6.07, 6.45) is 0.624. The lowest BCUT2D eigenvalue weighted by atomic mass is 10.0. The summed E-state index contributed by atoms with van der Waals surface area (Å²) in [5.74, 6) is -0.196. The molecule has 0 radical (unpaired) electrons. The van der Waals surface area contributed by atoms with Crippen LogP contribution in [0.25, 0.3) is 0 Å². The lowest BCUT2D eigenvalue weighted by Gasteiger charge is -2.05. The Morgan fingerprint density at radius 1 is 1.60 bits per heavy atom. The molecule has 0 atom stereocenters. The highest BCUT2D eigenvalue weighted by atomic mass is 127. The van der Waals surface area contributed by atoms with Crippen LogP contribution in [0.5, 0.6) is 0 Å². The Morgan fingerprint density at radius 2 is 2.27 bits per heavy atom. The summed E-state index contributed by atoms with van der Waals surface area (Å²) in [5, 5.41) is 8.93. The molecule has 0 aliphatic carbocycles. The third-order valence-electron chi connectivity index (χ3n) is 1.82. The van der Waals surface area contributed by atoms with Crippen LogP contribution in [0.2, 0.25) is 0 Å². The molecule has 1 aromatic rings. The standard InChI is InChI=1S/C10H5BrINO2/c11-3-8(15)9-7(5-14)2-1-6(4-13)10(9)12/h1-2,5H,3H2. The summed E-state index contributed by atoms with van der Waals surface area (Å²) in [6.45, 7) is 0. The molecule has 0 heterocycles. The van der Waals surface area contributed by atoms with Crippen LogP contribution in [0.4, 0.5) is 0 Å². The molecule has 0 unspecified atom stereocenters. The van der Waals surface area contributed by atoms with E-state index in [1.807, 2.05) is 28.7 Å². The lowest BCUT2D eigenvalue weighted by molar-refractivity contribution is 0.101. The summed E-state index contributed by atoms with van der Waals surface area (Å²) in [7, 11) is 0. The Kier molecular flexibility index (Phi) is 4.42. The number of hydrogen-bond acceptors (Lipinski definition) is 3. The number of rotatable bonds is 3. The molecule has 15 heavy (non-hydrogen) atoms. The second kappa shape index (κ2) is 5.37. The fraction of sp³-hybridized carbons (Fsp3) is 0.100. The van der Waals surface area contributed by atoms with E-state index in [4.69, 9.17) is 5.26 Å². The van der Waals surface area contributed by atoms with Crippen molar-refractivity contribution in [2.24, 2.45) is 0 Å². The van der Waals surface area contributed by atoms with Gasteiger partial charge in [0.05, 0.1) is 10.9 Å². The fourth-order valence-corrected chi connectivity index (χ4v) is 2.32. The Labute approximate surface area is 109 Å². The minimum absolute atomic E-state index is 0.138. The highest BCUT2D eigenvalue weighted by molar-refractivity contribution is 14.1. The monoisotopic (exact) mass is 377 g/mol. The second-order valence-corrected chi connectivity index (χ2v) is 4.32. The SMILES string of the molecule is N#Cc1ccc(C=O)c(C(=O)CBr)c1I. The highest BCUT2D eigenvalue weighted by Gasteiger charge is 2.16. The van der Waals surface area contributed by atoms with Crippen molar-refractivity contribution >= 4 is 50.6 Å². The molecule has 0 aliphatic heterocycles. The summed E-state index contributed by atoms with van der Waals surface area (Å²) in [5.41, 5.74) is 1.05. The highest BCUT2D eigenvalue weighted by Crippen LogP contribution is 2.21. The van der Waals surface area contributed by atoms with E-state index in [0.29, 0.717) is 26.5 Å². The number of halogens is 2. The van der Waals surface area contributed by atoms with Gasteiger partial charge < -0.3 is 0 Å². The number of aldehydes is 1. The molecule has 0 saturated heterocycles. The van der Waals surface area contributed by atoms with Gasteiger partial charge in [0.1, 0.15) is 6.07 Å². The molecule has 0 amide bonds. The zero-order valence-corrected chi connectivity index (χ0v) is 11.2. The van der Waals surface area contributed by atoms with Crippen LogP contribution in [0.1, 0.15) is 26.3 Å². The number of benzene rings is 1.